The van der Waals surface area contributed by atoms with Gasteiger partial charge < -0.3 is 14.6 Å². The molecule has 5 nitrogen and oxygen atoms in total. The summed E-state index contributed by atoms with van der Waals surface area (Å²) in [6.45, 7) is 0.806. The molecule has 0 unspecified atom stereocenters. The van der Waals surface area contributed by atoms with Crippen LogP contribution in [0.4, 0.5) is 5.69 Å². The zero-order valence-corrected chi connectivity index (χ0v) is 12.4. The highest BCUT2D eigenvalue weighted by Crippen LogP contribution is 2.17. The van der Waals surface area contributed by atoms with Gasteiger partial charge in [0.25, 0.3) is 5.56 Å². The molecule has 6 heteroatoms. The number of anilines is 1. The quantitative estimate of drug-likeness (QED) is 0.920. The molecule has 1 N–H and O–H groups in total. The molecule has 0 saturated carbocycles. The van der Waals surface area contributed by atoms with Crippen LogP contribution in [-0.4, -0.2) is 23.2 Å². The molecule has 1 aromatic heterocycles. The molecule has 1 amide bonds. The Kier molecular flexibility index (Phi) is 4.76. The number of carbonyl (C=O) groups is 1. The number of aromatic nitrogens is 1. The lowest BCUT2D eigenvalue weighted by molar-refractivity contribution is -0.116. The smallest absolute Gasteiger partial charge is 0.264 e. The first-order chi connectivity index (χ1) is 9.06. The van der Waals surface area contributed by atoms with Crippen LogP contribution in [-0.2, 0) is 16.6 Å². The number of ether oxygens (including phenoxy) is 1. The summed E-state index contributed by atoms with van der Waals surface area (Å²) in [5.74, 6) is -0.0546. The molecule has 0 aliphatic carbocycles. The fourth-order valence-corrected chi connectivity index (χ4v) is 2.65. The largest absolute Gasteiger partial charge is 0.378 e. The molecule has 0 spiro atoms. The van der Waals surface area contributed by atoms with E-state index in [4.69, 9.17) is 4.74 Å². The molecular weight excluding hydrogens is 312 g/mol. The molecule has 104 valence electrons. The van der Waals surface area contributed by atoms with E-state index in [1.807, 2.05) is 0 Å². The second kappa shape index (κ2) is 6.34. The van der Waals surface area contributed by atoms with Crippen LogP contribution in [0.3, 0.4) is 0 Å². The number of halogens is 1. The highest BCUT2D eigenvalue weighted by Gasteiger charge is 2.16. The van der Waals surface area contributed by atoms with Gasteiger partial charge in [-0.25, -0.2) is 0 Å². The molecule has 2 rings (SSSR count). The Morgan fingerprint density at radius 2 is 2.42 bits per heavy atom. The summed E-state index contributed by atoms with van der Waals surface area (Å²) in [5.41, 5.74) is 0.490. The van der Waals surface area contributed by atoms with Gasteiger partial charge in [0.15, 0.2) is 0 Å². The lowest BCUT2D eigenvalue weighted by Crippen LogP contribution is -2.20. The maximum atomic E-state index is 11.8. The van der Waals surface area contributed by atoms with Crippen LogP contribution in [0.5, 0.6) is 0 Å². The van der Waals surface area contributed by atoms with Gasteiger partial charge in [0, 0.05) is 26.3 Å². The average molecular weight is 329 g/mol. The van der Waals surface area contributed by atoms with Crippen molar-refractivity contribution in [3.8, 4) is 0 Å². The molecule has 0 bridgehead atoms. The Hall–Kier alpha value is -1.14. The fourth-order valence-electron chi connectivity index (χ4n) is 2.13. The summed E-state index contributed by atoms with van der Waals surface area (Å²) in [5, 5.41) is 2.79. The Morgan fingerprint density at radius 3 is 3.05 bits per heavy atom. The van der Waals surface area contributed by atoms with Crippen LogP contribution in [0.25, 0.3) is 0 Å². The van der Waals surface area contributed by atoms with Gasteiger partial charge in [0.05, 0.1) is 16.3 Å². The lowest BCUT2D eigenvalue weighted by Gasteiger charge is -2.10. The molecular formula is C13H17BrN2O3. The first kappa shape index (κ1) is 14.3. The van der Waals surface area contributed by atoms with Crippen molar-refractivity contribution in [2.24, 2.45) is 7.05 Å². The van der Waals surface area contributed by atoms with Gasteiger partial charge in [-0.1, -0.05) is 0 Å². The number of amides is 1. The van der Waals surface area contributed by atoms with Crippen LogP contribution >= 0.6 is 15.9 Å². The molecule has 1 aliphatic rings. The first-order valence-electron chi connectivity index (χ1n) is 6.34. The summed E-state index contributed by atoms with van der Waals surface area (Å²) < 4.78 is 7.34. The number of aryl methyl sites for hydroxylation is 1. The molecule has 19 heavy (non-hydrogen) atoms. The van der Waals surface area contributed by atoms with Gasteiger partial charge in [-0.15, -0.1) is 0 Å². The second-order valence-corrected chi connectivity index (χ2v) is 5.57. The van der Waals surface area contributed by atoms with Crippen molar-refractivity contribution >= 4 is 27.5 Å². The van der Waals surface area contributed by atoms with E-state index in [0.717, 1.165) is 25.9 Å². The van der Waals surface area contributed by atoms with Crippen LogP contribution in [0.15, 0.2) is 21.5 Å². The number of carbonyl (C=O) groups excluding carboxylic acids is 1. The molecule has 2 heterocycles. The Labute approximate surface area is 120 Å². The Morgan fingerprint density at radius 1 is 1.63 bits per heavy atom. The summed E-state index contributed by atoms with van der Waals surface area (Å²) in [4.78, 5) is 23.3. The zero-order chi connectivity index (χ0) is 13.8. The molecule has 1 aromatic rings. The number of hydrogen-bond donors (Lipinski definition) is 1. The van der Waals surface area contributed by atoms with Gasteiger partial charge in [0.1, 0.15) is 0 Å². The third-order valence-electron chi connectivity index (χ3n) is 3.14. The van der Waals surface area contributed by atoms with Gasteiger partial charge in [0.2, 0.25) is 5.91 Å². The highest BCUT2D eigenvalue weighted by molar-refractivity contribution is 9.10. The maximum absolute atomic E-state index is 11.8. The van der Waals surface area contributed by atoms with E-state index in [1.165, 1.54) is 4.57 Å². The van der Waals surface area contributed by atoms with Gasteiger partial charge in [-0.2, -0.15) is 0 Å². The third kappa shape index (κ3) is 3.91. The van der Waals surface area contributed by atoms with Crippen LogP contribution in [0.2, 0.25) is 0 Å². The van der Waals surface area contributed by atoms with E-state index < -0.39 is 0 Å². The minimum Gasteiger partial charge on any atom is -0.378 e. The number of hydrogen-bond acceptors (Lipinski definition) is 3. The molecule has 0 radical (unpaired) electrons. The maximum Gasteiger partial charge on any atom is 0.264 e. The summed E-state index contributed by atoms with van der Waals surface area (Å²) >= 11 is 3.18. The monoisotopic (exact) mass is 328 g/mol. The molecule has 1 atom stereocenters. The van der Waals surface area contributed by atoms with Crippen LogP contribution in [0.1, 0.15) is 25.7 Å². The first-order valence-corrected chi connectivity index (χ1v) is 7.13. The molecule has 1 fully saturated rings. The predicted octanol–water partition coefficient (Wildman–Crippen LogP) is 2.05. The van der Waals surface area contributed by atoms with E-state index in [2.05, 4.69) is 21.2 Å². The number of rotatable bonds is 4. The molecule has 1 saturated heterocycles. The van der Waals surface area contributed by atoms with Gasteiger partial charge >= 0.3 is 0 Å². The predicted molar refractivity (Wildman–Crippen MR) is 76.2 cm³/mol. The van der Waals surface area contributed by atoms with Crippen molar-refractivity contribution in [3.05, 3.63) is 27.1 Å². The van der Waals surface area contributed by atoms with Gasteiger partial charge in [-0.3, -0.25) is 9.59 Å². The van der Waals surface area contributed by atoms with Crippen molar-refractivity contribution < 1.29 is 9.53 Å². The second-order valence-electron chi connectivity index (χ2n) is 4.71. The normalized spacial score (nSPS) is 18.5. The number of nitrogens with one attached hydrogen (secondary N) is 1. The van der Waals surface area contributed by atoms with Crippen LogP contribution < -0.4 is 10.9 Å². The van der Waals surface area contributed by atoms with Crippen molar-refractivity contribution in [1.82, 2.24) is 4.57 Å². The van der Waals surface area contributed by atoms with E-state index in [0.29, 0.717) is 16.6 Å². The fraction of sp³-hybridized carbons (Fsp3) is 0.538. The van der Waals surface area contributed by atoms with Crippen LogP contribution in [0, 0.1) is 0 Å². The van der Waals surface area contributed by atoms with Crippen molar-refractivity contribution in [2.45, 2.75) is 31.8 Å². The standard InChI is InChI=1S/C13H17BrN2O3/c1-16-8-9(7-11(14)13(16)18)15-12(17)5-4-10-3-2-6-19-10/h7-8,10H,2-6H2,1H3,(H,15,17)/t10-/m0/s1. The Balaban J connectivity index is 1.89. The van der Waals surface area contributed by atoms with E-state index in [1.54, 1.807) is 19.3 Å². The molecule has 1 aliphatic heterocycles. The van der Waals surface area contributed by atoms with Gasteiger partial charge in [-0.05, 0) is 41.3 Å². The summed E-state index contributed by atoms with van der Waals surface area (Å²) in [7, 11) is 1.65. The zero-order valence-electron chi connectivity index (χ0n) is 10.8. The number of pyridine rings is 1. The summed E-state index contributed by atoms with van der Waals surface area (Å²) in [6, 6.07) is 1.62. The van der Waals surface area contributed by atoms with Crippen molar-refractivity contribution in [2.75, 3.05) is 11.9 Å². The SMILES string of the molecule is Cn1cc(NC(=O)CC[C@@H]2CCCO2)cc(Br)c1=O. The van der Waals surface area contributed by atoms with Crippen molar-refractivity contribution in [3.63, 3.8) is 0 Å². The third-order valence-corrected chi connectivity index (χ3v) is 3.71. The van der Waals surface area contributed by atoms with E-state index in [9.17, 15) is 9.59 Å². The van der Waals surface area contributed by atoms with Crippen molar-refractivity contribution in [1.29, 1.82) is 0 Å². The average Bonchev–Trinajstić information content (AvgIpc) is 2.86. The topological polar surface area (TPSA) is 60.3 Å². The minimum absolute atomic E-state index is 0.0546. The minimum atomic E-state index is -0.127. The Bertz CT molecular complexity index is 495. The lowest BCUT2D eigenvalue weighted by atomic mass is 10.1. The number of nitrogens with zero attached hydrogens (tertiary/aromatic N) is 1. The highest BCUT2D eigenvalue weighted by atomic mass is 79.9. The summed E-state index contributed by atoms with van der Waals surface area (Å²) in [6.07, 6.45) is 5.14. The van der Waals surface area contributed by atoms with E-state index >= 15 is 0 Å². The molecule has 0 aromatic carbocycles. The van der Waals surface area contributed by atoms with E-state index in [-0.39, 0.29) is 17.6 Å².